The highest BCUT2D eigenvalue weighted by molar-refractivity contribution is 6.30. The fraction of sp³-hybridized carbons (Fsp3) is 0.133. The van der Waals surface area contributed by atoms with Gasteiger partial charge in [-0.15, -0.1) is 0 Å². The van der Waals surface area contributed by atoms with E-state index in [1.807, 2.05) is 32.0 Å². The molecule has 0 unspecified atom stereocenters. The second kappa shape index (κ2) is 4.72. The maximum absolute atomic E-state index is 5.91. The van der Waals surface area contributed by atoms with Gasteiger partial charge in [0.1, 0.15) is 17.2 Å². The second-order valence-electron chi connectivity index (χ2n) is 4.60. The summed E-state index contributed by atoms with van der Waals surface area (Å²) in [6.07, 6.45) is 0. The number of nitrogens with two attached hydrogens (primary N) is 1. The summed E-state index contributed by atoms with van der Waals surface area (Å²) >= 11 is 5.91. The molecule has 0 spiro atoms. The SMILES string of the molecule is Cc1cc(-c2noc(N)c2-c2ccc(Cl)cc2)c(C)o1. The van der Waals surface area contributed by atoms with Crippen molar-refractivity contribution >= 4 is 17.5 Å². The van der Waals surface area contributed by atoms with E-state index in [4.69, 9.17) is 26.3 Å². The van der Waals surface area contributed by atoms with Crippen LogP contribution in [-0.2, 0) is 0 Å². The molecule has 3 aromatic rings. The fourth-order valence-electron chi connectivity index (χ4n) is 2.25. The van der Waals surface area contributed by atoms with Crippen LogP contribution in [0.1, 0.15) is 11.5 Å². The first-order chi connectivity index (χ1) is 9.56. The molecule has 20 heavy (non-hydrogen) atoms. The summed E-state index contributed by atoms with van der Waals surface area (Å²) in [5, 5.41) is 4.73. The van der Waals surface area contributed by atoms with Crippen LogP contribution in [0.15, 0.2) is 39.3 Å². The fourth-order valence-corrected chi connectivity index (χ4v) is 2.37. The minimum atomic E-state index is 0.278. The molecule has 3 rings (SSSR count). The van der Waals surface area contributed by atoms with Gasteiger partial charge in [0.25, 0.3) is 0 Å². The lowest BCUT2D eigenvalue weighted by Crippen LogP contribution is -1.87. The van der Waals surface area contributed by atoms with Gasteiger partial charge in [0.2, 0.25) is 5.88 Å². The Hall–Kier alpha value is -2.20. The molecule has 0 atom stereocenters. The van der Waals surface area contributed by atoms with Gasteiger partial charge in [0.15, 0.2) is 0 Å². The van der Waals surface area contributed by atoms with Crippen LogP contribution in [0.4, 0.5) is 5.88 Å². The van der Waals surface area contributed by atoms with Gasteiger partial charge in [-0.2, -0.15) is 0 Å². The average molecular weight is 289 g/mol. The summed E-state index contributed by atoms with van der Waals surface area (Å²) in [5.41, 5.74) is 9.13. The van der Waals surface area contributed by atoms with E-state index in [9.17, 15) is 0 Å². The van der Waals surface area contributed by atoms with E-state index in [1.54, 1.807) is 12.1 Å². The Labute approximate surface area is 121 Å². The van der Waals surface area contributed by atoms with E-state index in [-0.39, 0.29) is 5.88 Å². The molecule has 4 nitrogen and oxygen atoms in total. The molecule has 0 radical (unpaired) electrons. The van der Waals surface area contributed by atoms with Crippen molar-refractivity contribution in [2.45, 2.75) is 13.8 Å². The zero-order valence-electron chi connectivity index (χ0n) is 11.1. The number of hydrogen-bond donors (Lipinski definition) is 1. The van der Waals surface area contributed by atoms with E-state index < -0.39 is 0 Å². The number of aromatic nitrogens is 1. The lowest BCUT2D eigenvalue weighted by atomic mass is 10.0. The topological polar surface area (TPSA) is 65.2 Å². The Morgan fingerprint density at radius 1 is 1.15 bits per heavy atom. The van der Waals surface area contributed by atoms with E-state index in [0.717, 1.165) is 28.2 Å². The molecule has 2 heterocycles. The first-order valence-corrected chi connectivity index (χ1v) is 6.52. The number of hydrogen-bond acceptors (Lipinski definition) is 4. The van der Waals surface area contributed by atoms with Gasteiger partial charge in [0, 0.05) is 10.6 Å². The van der Waals surface area contributed by atoms with Crippen molar-refractivity contribution in [3.63, 3.8) is 0 Å². The molecule has 0 aliphatic heterocycles. The van der Waals surface area contributed by atoms with Crippen LogP contribution in [0, 0.1) is 13.8 Å². The summed E-state index contributed by atoms with van der Waals surface area (Å²) in [4.78, 5) is 0. The van der Waals surface area contributed by atoms with Gasteiger partial charge in [-0.1, -0.05) is 28.9 Å². The van der Waals surface area contributed by atoms with Gasteiger partial charge >= 0.3 is 0 Å². The predicted octanol–water partition coefficient (Wildman–Crippen LogP) is 4.45. The average Bonchev–Trinajstić information content (AvgIpc) is 2.93. The number of rotatable bonds is 2. The Bertz CT molecular complexity index is 757. The standard InChI is InChI=1S/C15H13ClN2O2/c1-8-7-12(9(2)19-8)14-13(15(17)20-18-14)10-3-5-11(16)6-4-10/h3-7H,17H2,1-2H3. The molecule has 0 fully saturated rings. The summed E-state index contributed by atoms with van der Waals surface area (Å²) in [7, 11) is 0. The quantitative estimate of drug-likeness (QED) is 0.756. The van der Waals surface area contributed by atoms with Crippen LogP contribution in [0.25, 0.3) is 22.4 Å². The van der Waals surface area contributed by atoms with Crippen molar-refractivity contribution < 1.29 is 8.94 Å². The van der Waals surface area contributed by atoms with Crippen LogP contribution >= 0.6 is 11.6 Å². The van der Waals surface area contributed by atoms with Gasteiger partial charge in [-0.25, -0.2) is 0 Å². The molecule has 2 aromatic heterocycles. The molecule has 0 amide bonds. The largest absolute Gasteiger partial charge is 0.466 e. The van der Waals surface area contributed by atoms with Crippen molar-refractivity contribution in [3.8, 4) is 22.4 Å². The number of aryl methyl sites for hydroxylation is 2. The van der Waals surface area contributed by atoms with E-state index >= 15 is 0 Å². The number of nitrogens with zero attached hydrogens (tertiary/aromatic N) is 1. The number of furan rings is 1. The Morgan fingerprint density at radius 3 is 2.45 bits per heavy atom. The minimum Gasteiger partial charge on any atom is -0.466 e. The maximum Gasteiger partial charge on any atom is 0.230 e. The van der Waals surface area contributed by atoms with Crippen molar-refractivity contribution in [1.82, 2.24) is 5.16 Å². The lowest BCUT2D eigenvalue weighted by molar-refractivity contribution is 0.439. The van der Waals surface area contributed by atoms with Crippen molar-refractivity contribution in [1.29, 1.82) is 0 Å². The summed E-state index contributed by atoms with van der Waals surface area (Å²) in [6.45, 7) is 3.78. The highest BCUT2D eigenvalue weighted by Gasteiger charge is 2.20. The lowest BCUT2D eigenvalue weighted by Gasteiger charge is -2.02. The van der Waals surface area contributed by atoms with E-state index in [0.29, 0.717) is 10.7 Å². The molecule has 5 heteroatoms. The summed E-state index contributed by atoms with van der Waals surface area (Å²) in [6, 6.07) is 9.31. The molecule has 0 bridgehead atoms. The smallest absolute Gasteiger partial charge is 0.230 e. The van der Waals surface area contributed by atoms with Crippen LogP contribution in [0.3, 0.4) is 0 Å². The summed E-state index contributed by atoms with van der Waals surface area (Å²) in [5.74, 6) is 1.88. The normalized spacial score (nSPS) is 10.9. The molecular weight excluding hydrogens is 276 g/mol. The highest BCUT2D eigenvalue weighted by Crippen LogP contribution is 2.38. The van der Waals surface area contributed by atoms with Crippen LogP contribution in [0.5, 0.6) is 0 Å². The predicted molar refractivity (Wildman–Crippen MR) is 78.5 cm³/mol. The highest BCUT2D eigenvalue weighted by atomic mass is 35.5. The molecule has 1 aromatic carbocycles. The number of benzene rings is 1. The first-order valence-electron chi connectivity index (χ1n) is 6.14. The molecule has 0 aliphatic carbocycles. The molecule has 0 saturated carbocycles. The third-order valence-corrected chi connectivity index (χ3v) is 3.40. The molecule has 102 valence electrons. The van der Waals surface area contributed by atoms with Gasteiger partial charge in [-0.3, -0.25) is 0 Å². The van der Waals surface area contributed by atoms with Gasteiger partial charge in [0.05, 0.1) is 5.56 Å². The molecule has 0 aliphatic rings. The number of anilines is 1. The third-order valence-electron chi connectivity index (χ3n) is 3.15. The number of halogens is 1. The molecular formula is C15H13ClN2O2. The number of nitrogen functional groups attached to an aromatic ring is 1. The summed E-state index contributed by atoms with van der Waals surface area (Å²) < 4.78 is 10.7. The Kier molecular flexibility index (Phi) is 3.03. The van der Waals surface area contributed by atoms with Crippen LogP contribution in [0.2, 0.25) is 5.02 Å². The van der Waals surface area contributed by atoms with Crippen LogP contribution in [-0.4, -0.2) is 5.16 Å². The first kappa shape index (κ1) is 12.8. The second-order valence-corrected chi connectivity index (χ2v) is 5.04. The Morgan fingerprint density at radius 2 is 1.85 bits per heavy atom. The van der Waals surface area contributed by atoms with E-state index in [1.165, 1.54) is 0 Å². The minimum absolute atomic E-state index is 0.278. The molecule has 2 N–H and O–H groups in total. The van der Waals surface area contributed by atoms with Crippen LogP contribution < -0.4 is 5.73 Å². The van der Waals surface area contributed by atoms with Gasteiger partial charge < -0.3 is 14.7 Å². The van der Waals surface area contributed by atoms with Crippen molar-refractivity contribution in [3.05, 3.63) is 46.9 Å². The monoisotopic (exact) mass is 288 g/mol. The Balaban J connectivity index is 2.19. The van der Waals surface area contributed by atoms with E-state index in [2.05, 4.69) is 5.16 Å². The maximum atomic E-state index is 5.91. The zero-order chi connectivity index (χ0) is 14.3. The van der Waals surface area contributed by atoms with Gasteiger partial charge in [-0.05, 0) is 37.6 Å². The zero-order valence-corrected chi connectivity index (χ0v) is 11.9. The molecule has 0 saturated heterocycles. The van der Waals surface area contributed by atoms with Crippen molar-refractivity contribution in [2.24, 2.45) is 0 Å². The third kappa shape index (κ3) is 2.08. The van der Waals surface area contributed by atoms with Crippen molar-refractivity contribution in [2.75, 3.05) is 5.73 Å².